The molecule has 4 aromatic rings. The molecule has 2 fully saturated rings. The van der Waals surface area contributed by atoms with Gasteiger partial charge in [0.1, 0.15) is 29.0 Å². The highest BCUT2D eigenvalue weighted by molar-refractivity contribution is 5.83. The standard InChI is InChI=1S/C21H20FN5O4/c1-29-21(6-7-21)20-24-18(25-31-20)16-17-19(28)26(10-13-3-2-8-30-13)15-9-12(22)4-5-14(15)27(17)11-23-16/h4-5,9,11,13H,2-3,6-8,10H2,1H3. The molecule has 31 heavy (non-hydrogen) atoms. The summed E-state index contributed by atoms with van der Waals surface area (Å²) in [5.41, 5.74) is 0.936. The minimum atomic E-state index is -0.537. The molecule has 1 atom stereocenters. The van der Waals surface area contributed by atoms with Crippen LogP contribution in [0.4, 0.5) is 4.39 Å². The minimum absolute atomic E-state index is 0.0915. The molecule has 160 valence electrons. The predicted molar refractivity (Wildman–Crippen MR) is 107 cm³/mol. The van der Waals surface area contributed by atoms with Crippen molar-refractivity contribution >= 4 is 16.6 Å². The lowest BCUT2D eigenvalue weighted by atomic mass is 10.2. The van der Waals surface area contributed by atoms with E-state index in [-0.39, 0.29) is 17.5 Å². The van der Waals surface area contributed by atoms with Gasteiger partial charge in [-0.1, -0.05) is 5.16 Å². The molecule has 1 aliphatic heterocycles. The Balaban J connectivity index is 1.56. The van der Waals surface area contributed by atoms with Crippen LogP contribution < -0.4 is 5.56 Å². The Bertz CT molecular complexity index is 1360. The first-order chi connectivity index (χ1) is 15.1. The van der Waals surface area contributed by atoms with Crippen LogP contribution in [0.15, 0.2) is 33.8 Å². The fourth-order valence-electron chi connectivity index (χ4n) is 4.35. The van der Waals surface area contributed by atoms with Crippen LogP contribution in [0.5, 0.6) is 0 Å². The first-order valence-electron chi connectivity index (χ1n) is 10.3. The van der Waals surface area contributed by atoms with Crippen molar-refractivity contribution in [2.45, 2.75) is 43.9 Å². The van der Waals surface area contributed by atoms with Crippen molar-refractivity contribution in [2.75, 3.05) is 13.7 Å². The summed E-state index contributed by atoms with van der Waals surface area (Å²) in [7, 11) is 1.61. The summed E-state index contributed by atoms with van der Waals surface area (Å²) in [6, 6.07) is 4.37. The molecular weight excluding hydrogens is 405 g/mol. The van der Waals surface area contributed by atoms with E-state index in [0.717, 1.165) is 25.7 Å². The summed E-state index contributed by atoms with van der Waals surface area (Å²) in [6.45, 7) is 1.00. The number of methoxy groups -OCH3 is 1. The first-order valence-corrected chi connectivity index (χ1v) is 10.3. The molecule has 6 rings (SSSR count). The van der Waals surface area contributed by atoms with Crippen molar-refractivity contribution in [1.82, 2.24) is 24.1 Å². The minimum Gasteiger partial charge on any atom is -0.376 e. The van der Waals surface area contributed by atoms with Gasteiger partial charge in [-0.3, -0.25) is 9.20 Å². The summed E-state index contributed by atoms with van der Waals surface area (Å²) >= 11 is 0. The number of hydrogen-bond acceptors (Lipinski definition) is 7. The lowest BCUT2D eigenvalue weighted by molar-refractivity contribution is 0.0492. The van der Waals surface area contributed by atoms with E-state index in [4.69, 9.17) is 14.0 Å². The fourth-order valence-corrected chi connectivity index (χ4v) is 4.35. The van der Waals surface area contributed by atoms with E-state index in [9.17, 15) is 9.18 Å². The van der Waals surface area contributed by atoms with E-state index in [0.29, 0.717) is 41.3 Å². The number of halogens is 1. The van der Waals surface area contributed by atoms with Gasteiger partial charge in [0.15, 0.2) is 0 Å². The van der Waals surface area contributed by atoms with Gasteiger partial charge in [-0.25, -0.2) is 9.37 Å². The maximum Gasteiger partial charge on any atom is 0.277 e. The molecule has 0 N–H and O–H groups in total. The zero-order valence-electron chi connectivity index (χ0n) is 16.9. The molecular formula is C21H20FN5O4. The number of hydrogen-bond donors (Lipinski definition) is 0. The predicted octanol–water partition coefficient (Wildman–Crippen LogP) is 2.65. The summed E-state index contributed by atoms with van der Waals surface area (Å²) in [4.78, 5) is 22.5. The number of fused-ring (bicyclic) bond motifs is 3. The summed E-state index contributed by atoms with van der Waals surface area (Å²) in [6.07, 6.45) is 4.85. The van der Waals surface area contributed by atoms with E-state index in [1.165, 1.54) is 18.5 Å². The van der Waals surface area contributed by atoms with Crippen LogP contribution in [0, 0.1) is 5.82 Å². The van der Waals surface area contributed by atoms with Gasteiger partial charge >= 0.3 is 0 Å². The quantitative estimate of drug-likeness (QED) is 0.485. The van der Waals surface area contributed by atoms with Gasteiger partial charge in [0.2, 0.25) is 5.82 Å². The van der Waals surface area contributed by atoms with Crippen LogP contribution in [0.25, 0.3) is 28.1 Å². The Morgan fingerprint density at radius 2 is 2.19 bits per heavy atom. The molecule has 10 heteroatoms. The lowest BCUT2D eigenvalue weighted by Crippen LogP contribution is -2.28. The van der Waals surface area contributed by atoms with Crippen molar-refractivity contribution in [3.8, 4) is 11.5 Å². The van der Waals surface area contributed by atoms with Crippen LogP contribution in [0.2, 0.25) is 0 Å². The van der Waals surface area contributed by atoms with E-state index >= 15 is 0 Å². The van der Waals surface area contributed by atoms with Crippen LogP contribution in [0.3, 0.4) is 0 Å². The van der Waals surface area contributed by atoms with Crippen molar-refractivity contribution in [3.63, 3.8) is 0 Å². The Hall–Kier alpha value is -3.11. The molecule has 0 amide bonds. The molecule has 1 saturated heterocycles. The second-order valence-corrected chi connectivity index (χ2v) is 8.12. The van der Waals surface area contributed by atoms with Gasteiger partial charge in [-0.2, -0.15) is 4.98 Å². The molecule has 1 unspecified atom stereocenters. The highest BCUT2D eigenvalue weighted by atomic mass is 19.1. The van der Waals surface area contributed by atoms with Gasteiger partial charge < -0.3 is 18.6 Å². The second-order valence-electron chi connectivity index (χ2n) is 8.12. The van der Waals surface area contributed by atoms with Crippen molar-refractivity contribution < 1.29 is 18.4 Å². The molecule has 1 saturated carbocycles. The summed E-state index contributed by atoms with van der Waals surface area (Å²) in [5.74, 6) is 0.196. The molecule has 9 nitrogen and oxygen atoms in total. The zero-order chi connectivity index (χ0) is 21.2. The number of rotatable bonds is 5. The average Bonchev–Trinajstić information content (AvgIpc) is 3.18. The normalized spacial score (nSPS) is 20.1. The number of benzene rings is 1. The molecule has 3 aromatic heterocycles. The molecule has 0 radical (unpaired) electrons. The lowest BCUT2D eigenvalue weighted by Gasteiger charge is -2.16. The Labute approximate surface area is 175 Å². The first kappa shape index (κ1) is 18.6. The molecule has 0 bridgehead atoms. The smallest absolute Gasteiger partial charge is 0.277 e. The van der Waals surface area contributed by atoms with Crippen LogP contribution in [-0.4, -0.2) is 43.9 Å². The van der Waals surface area contributed by atoms with Gasteiger partial charge in [0.25, 0.3) is 11.4 Å². The number of nitrogens with zero attached hydrogens (tertiary/aromatic N) is 5. The molecule has 1 aliphatic carbocycles. The van der Waals surface area contributed by atoms with E-state index < -0.39 is 11.4 Å². The average molecular weight is 425 g/mol. The molecule has 1 aromatic carbocycles. The van der Waals surface area contributed by atoms with E-state index in [2.05, 4.69) is 15.1 Å². The van der Waals surface area contributed by atoms with Gasteiger partial charge in [-0.15, -0.1) is 0 Å². The van der Waals surface area contributed by atoms with Crippen LogP contribution >= 0.6 is 0 Å². The summed E-state index contributed by atoms with van der Waals surface area (Å²) in [5, 5.41) is 4.06. The summed E-state index contributed by atoms with van der Waals surface area (Å²) < 4.78 is 33.9. The Kier molecular flexibility index (Phi) is 4.03. The fraction of sp³-hybridized carbons (Fsp3) is 0.429. The number of ether oxygens (including phenoxy) is 2. The van der Waals surface area contributed by atoms with Gasteiger partial charge in [0, 0.05) is 13.7 Å². The van der Waals surface area contributed by atoms with Crippen LogP contribution in [0.1, 0.15) is 31.6 Å². The van der Waals surface area contributed by atoms with Crippen molar-refractivity contribution in [1.29, 1.82) is 0 Å². The maximum absolute atomic E-state index is 14.1. The third-order valence-corrected chi connectivity index (χ3v) is 6.24. The zero-order valence-corrected chi connectivity index (χ0v) is 16.9. The second kappa shape index (κ2) is 6.69. The highest BCUT2D eigenvalue weighted by Crippen LogP contribution is 2.48. The maximum atomic E-state index is 14.1. The van der Waals surface area contributed by atoms with Crippen LogP contribution in [-0.2, 0) is 21.6 Å². The molecule has 2 aliphatic rings. The van der Waals surface area contributed by atoms with Gasteiger partial charge in [0.05, 0.1) is 23.7 Å². The third-order valence-electron chi connectivity index (χ3n) is 6.24. The topological polar surface area (TPSA) is 96.7 Å². The molecule has 0 spiro atoms. The largest absolute Gasteiger partial charge is 0.376 e. The Morgan fingerprint density at radius 3 is 2.94 bits per heavy atom. The Morgan fingerprint density at radius 1 is 1.32 bits per heavy atom. The molecule has 4 heterocycles. The number of aromatic nitrogens is 5. The number of imidazole rings is 1. The van der Waals surface area contributed by atoms with Crippen molar-refractivity contribution in [2.24, 2.45) is 0 Å². The monoisotopic (exact) mass is 425 g/mol. The third kappa shape index (κ3) is 2.82. The van der Waals surface area contributed by atoms with E-state index in [1.807, 2.05) is 0 Å². The van der Waals surface area contributed by atoms with Gasteiger partial charge in [-0.05, 0) is 43.9 Å². The van der Waals surface area contributed by atoms with E-state index in [1.54, 1.807) is 22.1 Å². The van der Waals surface area contributed by atoms with Crippen molar-refractivity contribution in [3.05, 3.63) is 46.6 Å². The SMILES string of the molecule is COC1(c2nc(-c3ncn4c3c(=O)n(CC3CCCO3)c3cc(F)ccc34)no2)CC1. The highest BCUT2D eigenvalue weighted by Gasteiger charge is 2.50.